The minimum Gasteiger partial charge on any atom is -0.497 e. The fourth-order valence-corrected chi connectivity index (χ4v) is 2.57. The topological polar surface area (TPSA) is 87.6 Å². The molecule has 0 saturated heterocycles. The van der Waals surface area contributed by atoms with Crippen LogP contribution in [0.15, 0.2) is 48.5 Å². The van der Waals surface area contributed by atoms with Gasteiger partial charge >= 0.3 is 15.6 Å². The van der Waals surface area contributed by atoms with Crippen molar-refractivity contribution in [3.8, 4) is 17.5 Å². The number of fused-ring (bicyclic) bond motifs is 1. The van der Waals surface area contributed by atoms with Crippen LogP contribution in [0.25, 0.3) is 11.0 Å². The second-order valence-corrected chi connectivity index (χ2v) is 6.98. The second-order valence-electron chi connectivity index (χ2n) is 5.45. The van der Waals surface area contributed by atoms with E-state index in [-0.39, 0.29) is 17.6 Å². The van der Waals surface area contributed by atoms with Crippen molar-refractivity contribution >= 4 is 21.2 Å². The molecular formula is C17H13F3N2O5S. The molecule has 0 aliphatic heterocycles. The van der Waals surface area contributed by atoms with E-state index in [0.717, 1.165) is 0 Å². The Labute approximate surface area is 157 Å². The Morgan fingerprint density at radius 1 is 0.964 bits per heavy atom. The van der Waals surface area contributed by atoms with Crippen LogP contribution in [0.2, 0.25) is 0 Å². The van der Waals surface area contributed by atoms with Crippen LogP contribution < -0.4 is 13.7 Å². The molecule has 3 aromatic rings. The number of methoxy groups -OCH3 is 1. The molecule has 148 valence electrons. The summed E-state index contributed by atoms with van der Waals surface area (Å²) in [5.41, 5.74) is -4.63. The van der Waals surface area contributed by atoms with Crippen molar-refractivity contribution in [1.29, 1.82) is 0 Å². The highest BCUT2D eigenvalue weighted by Gasteiger charge is 2.49. The minimum absolute atomic E-state index is 0.0683. The summed E-state index contributed by atoms with van der Waals surface area (Å²) >= 11 is 0. The lowest BCUT2D eigenvalue weighted by Gasteiger charge is -2.13. The number of aromatic nitrogens is 2. The van der Waals surface area contributed by atoms with Crippen LogP contribution in [0.5, 0.6) is 17.5 Å². The molecule has 0 bridgehead atoms. The molecule has 0 spiro atoms. The fraction of sp³-hybridized carbons (Fsp3) is 0.176. The van der Waals surface area contributed by atoms with Gasteiger partial charge in [0.15, 0.2) is 0 Å². The Hall–Kier alpha value is -3.08. The molecule has 0 saturated carbocycles. The van der Waals surface area contributed by atoms with E-state index in [0.29, 0.717) is 11.3 Å². The third-order valence-electron chi connectivity index (χ3n) is 3.50. The number of alkyl halides is 3. The first-order valence-corrected chi connectivity index (χ1v) is 9.14. The number of nitrogens with zero attached hydrogens (tertiary/aromatic N) is 2. The van der Waals surface area contributed by atoms with E-state index < -0.39 is 27.4 Å². The molecule has 0 atom stereocenters. The highest BCUT2D eigenvalue weighted by atomic mass is 32.2. The third kappa shape index (κ3) is 4.25. The lowest BCUT2D eigenvalue weighted by Crippen LogP contribution is -2.28. The standard InChI is InChI=1S/C17H13F3N2O5S/c1-25-12-7-8-13-14(9-12)22-16(27-28(23,24)17(18,19)20)15(21-13)26-10-11-5-3-2-4-6-11/h2-9H,10H2,1H3. The van der Waals surface area contributed by atoms with Gasteiger partial charge in [0.05, 0.1) is 18.1 Å². The predicted molar refractivity (Wildman–Crippen MR) is 92.5 cm³/mol. The van der Waals surface area contributed by atoms with Gasteiger partial charge in [-0.15, -0.1) is 0 Å². The van der Waals surface area contributed by atoms with E-state index in [1.165, 1.54) is 19.2 Å². The summed E-state index contributed by atoms with van der Waals surface area (Å²) in [7, 11) is -4.57. The smallest absolute Gasteiger partial charge is 0.497 e. The van der Waals surface area contributed by atoms with Crippen LogP contribution in [0, 0.1) is 0 Å². The van der Waals surface area contributed by atoms with Gasteiger partial charge in [-0.2, -0.15) is 21.6 Å². The molecule has 28 heavy (non-hydrogen) atoms. The normalized spacial score (nSPS) is 12.0. The Bertz CT molecular complexity index is 1090. The van der Waals surface area contributed by atoms with Crippen LogP contribution in [-0.4, -0.2) is 31.0 Å². The molecule has 0 radical (unpaired) electrons. The van der Waals surface area contributed by atoms with E-state index in [1.54, 1.807) is 36.4 Å². The maximum absolute atomic E-state index is 12.7. The number of rotatable bonds is 6. The van der Waals surface area contributed by atoms with Gasteiger partial charge in [-0.25, -0.2) is 9.97 Å². The summed E-state index contributed by atoms with van der Waals surface area (Å²) in [6, 6.07) is 13.1. The van der Waals surface area contributed by atoms with Gasteiger partial charge in [0.2, 0.25) is 0 Å². The quantitative estimate of drug-likeness (QED) is 0.451. The van der Waals surface area contributed by atoms with Gasteiger partial charge in [-0.05, 0) is 17.7 Å². The van der Waals surface area contributed by atoms with Crippen molar-refractivity contribution in [2.24, 2.45) is 0 Å². The molecule has 1 aromatic heterocycles. The molecule has 7 nitrogen and oxygen atoms in total. The minimum atomic E-state index is -5.95. The summed E-state index contributed by atoms with van der Waals surface area (Å²) in [4.78, 5) is 7.86. The van der Waals surface area contributed by atoms with E-state index in [1.807, 2.05) is 0 Å². The summed E-state index contributed by atoms with van der Waals surface area (Å²) in [6.07, 6.45) is 0. The average molecular weight is 414 g/mol. The second kappa shape index (κ2) is 7.50. The molecule has 0 amide bonds. The van der Waals surface area contributed by atoms with Crippen LogP contribution in [0.4, 0.5) is 13.2 Å². The molecule has 0 unspecified atom stereocenters. The first kappa shape index (κ1) is 19.7. The SMILES string of the molecule is COc1ccc2nc(OCc3ccccc3)c(OS(=O)(=O)C(F)(F)F)nc2c1. The summed E-state index contributed by atoms with van der Waals surface area (Å²) in [5.74, 6) is -1.06. The van der Waals surface area contributed by atoms with Gasteiger partial charge in [0, 0.05) is 6.07 Å². The lowest BCUT2D eigenvalue weighted by molar-refractivity contribution is -0.0502. The van der Waals surface area contributed by atoms with E-state index in [2.05, 4.69) is 14.2 Å². The Kier molecular flexibility index (Phi) is 5.27. The molecule has 0 aliphatic carbocycles. The Morgan fingerprint density at radius 3 is 2.29 bits per heavy atom. The number of benzene rings is 2. The van der Waals surface area contributed by atoms with Crippen LogP contribution in [-0.2, 0) is 16.7 Å². The van der Waals surface area contributed by atoms with Crippen molar-refractivity contribution in [3.05, 3.63) is 54.1 Å². The summed E-state index contributed by atoms with van der Waals surface area (Å²) in [6.45, 7) is -0.0837. The van der Waals surface area contributed by atoms with Crippen molar-refractivity contribution < 1.29 is 35.2 Å². The monoisotopic (exact) mass is 414 g/mol. The van der Waals surface area contributed by atoms with Gasteiger partial charge in [-0.1, -0.05) is 30.3 Å². The lowest BCUT2D eigenvalue weighted by atomic mass is 10.2. The van der Waals surface area contributed by atoms with Gasteiger partial charge in [-0.3, -0.25) is 0 Å². The van der Waals surface area contributed by atoms with Crippen molar-refractivity contribution in [2.75, 3.05) is 7.11 Å². The molecule has 1 heterocycles. The molecule has 0 aliphatic rings. The van der Waals surface area contributed by atoms with Gasteiger partial charge in [0.25, 0.3) is 11.8 Å². The zero-order valence-electron chi connectivity index (χ0n) is 14.3. The zero-order valence-corrected chi connectivity index (χ0v) is 15.1. The summed E-state index contributed by atoms with van der Waals surface area (Å²) in [5, 5.41) is 0. The molecule has 0 fully saturated rings. The number of halogens is 3. The Balaban J connectivity index is 2.03. The van der Waals surface area contributed by atoms with E-state index in [9.17, 15) is 21.6 Å². The predicted octanol–water partition coefficient (Wildman–Crippen LogP) is 3.45. The molecule has 2 aromatic carbocycles. The number of hydrogen-bond donors (Lipinski definition) is 0. The first-order chi connectivity index (χ1) is 13.2. The largest absolute Gasteiger partial charge is 0.534 e. The van der Waals surface area contributed by atoms with Crippen LogP contribution in [0.1, 0.15) is 5.56 Å². The fourth-order valence-electron chi connectivity index (χ4n) is 2.15. The first-order valence-electron chi connectivity index (χ1n) is 7.73. The van der Waals surface area contributed by atoms with Crippen molar-refractivity contribution in [1.82, 2.24) is 9.97 Å². The van der Waals surface area contributed by atoms with Crippen LogP contribution in [0.3, 0.4) is 0 Å². The molecule has 11 heteroatoms. The van der Waals surface area contributed by atoms with E-state index in [4.69, 9.17) is 9.47 Å². The number of ether oxygens (including phenoxy) is 2. The Morgan fingerprint density at radius 2 is 1.64 bits per heavy atom. The molecular weight excluding hydrogens is 401 g/mol. The van der Waals surface area contributed by atoms with Gasteiger partial charge in [0.1, 0.15) is 12.4 Å². The molecule has 3 rings (SSSR count). The van der Waals surface area contributed by atoms with Crippen molar-refractivity contribution in [3.63, 3.8) is 0 Å². The average Bonchev–Trinajstić information content (AvgIpc) is 2.65. The van der Waals surface area contributed by atoms with Gasteiger partial charge < -0.3 is 13.7 Å². The zero-order chi connectivity index (χ0) is 20.4. The third-order valence-corrected chi connectivity index (χ3v) is 4.44. The van der Waals surface area contributed by atoms with Crippen LogP contribution >= 0.6 is 0 Å². The summed E-state index contributed by atoms with van der Waals surface area (Å²) < 4.78 is 75.5. The molecule has 0 N–H and O–H groups in total. The maximum atomic E-state index is 12.7. The maximum Gasteiger partial charge on any atom is 0.534 e. The number of hydrogen-bond acceptors (Lipinski definition) is 7. The van der Waals surface area contributed by atoms with Crippen molar-refractivity contribution in [2.45, 2.75) is 12.1 Å². The highest BCUT2D eigenvalue weighted by Crippen LogP contribution is 2.33. The highest BCUT2D eigenvalue weighted by molar-refractivity contribution is 7.88. The van der Waals surface area contributed by atoms with E-state index >= 15 is 0 Å².